The van der Waals surface area contributed by atoms with Crippen molar-refractivity contribution >= 4 is 17.7 Å². The van der Waals surface area contributed by atoms with Gasteiger partial charge in [-0.25, -0.2) is 0 Å². The molecule has 0 aliphatic heterocycles. The second-order valence-electron chi connectivity index (χ2n) is 6.07. The normalized spacial score (nSPS) is 20.0. The Bertz CT molecular complexity index is 675. The zero-order valence-electron chi connectivity index (χ0n) is 14.1. The fraction of sp³-hybridized carbons (Fsp3) is 0.333. The SMILES string of the molecule is C#CCC(C)(C1=CC=CC1)C1C(C)=Cc2ccccc21.CCl.[Zr]. The Morgan fingerprint density at radius 1 is 1.30 bits per heavy atom. The van der Waals surface area contributed by atoms with E-state index in [1.54, 1.807) is 0 Å². The Morgan fingerprint density at radius 2 is 2.00 bits per heavy atom. The molecule has 2 aliphatic rings. The molecule has 1 aromatic rings. The first kappa shape index (κ1) is 20.2. The predicted molar refractivity (Wildman–Crippen MR) is 98.0 cm³/mol. The van der Waals surface area contributed by atoms with E-state index in [2.05, 4.69) is 79.9 Å². The topological polar surface area (TPSA) is 0 Å². The summed E-state index contributed by atoms with van der Waals surface area (Å²) in [5, 5.41) is 0. The molecule has 0 heterocycles. The fourth-order valence-electron chi connectivity index (χ4n) is 3.81. The molecule has 2 unspecified atom stereocenters. The Morgan fingerprint density at radius 3 is 2.61 bits per heavy atom. The second-order valence-corrected chi connectivity index (χ2v) is 6.07. The van der Waals surface area contributed by atoms with E-state index in [-0.39, 0.29) is 31.6 Å². The first-order chi connectivity index (χ1) is 10.7. The Hall–Kier alpha value is -0.827. The van der Waals surface area contributed by atoms with E-state index in [0.717, 1.165) is 12.8 Å². The molecule has 0 amide bonds. The van der Waals surface area contributed by atoms with Crippen LogP contribution in [-0.2, 0) is 26.2 Å². The Labute approximate surface area is 164 Å². The molecule has 0 radical (unpaired) electrons. The first-order valence-corrected chi connectivity index (χ1v) is 8.37. The molecule has 0 nitrogen and oxygen atoms in total. The number of fused-ring (bicyclic) bond motifs is 1. The number of hydrogen-bond acceptors (Lipinski definition) is 0. The van der Waals surface area contributed by atoms with Gasteiger partial charge in [0, 0.05) is 50.3 Å². The summed E-state index contributed by atoms with van der Waals surface area (Å²) in [5.74, 6) is 3.32. The minimum Gasteiger partial charge on any atom is -0.130 e. The molecular weight excluding hydrogens is 379 g/mol. The Kier molecular flexibility index (Phi) is 7.79. The molecule has 118 valence electrons. The maximum absolute atomic E-state index is 5.70. The molecule has 3 rings (SSSR count). The van der Waals surface area contributed by atoms with Crippen molar-refractivity contribution in [3.63, 3.8) is 0 Å². The van der Waals surface area contributed by atoms with E-state index in [1.165, 1.54) is 28.7 Å². The number of benzene rings is 1. The van der Waals surface area contributed by atoms with Crippen molar-refractivity contribution in [1.82, 2.24) is 0 Å². The van der Waals surface area contributed by atoms with Crippen molar-refractivity contribution in [2.24, 2.45) is 5.41 Å². The number of hydrogen-bond donors (Lipinski definition) is 0. The van der Waals surface area contributed by atoms with Crippen LogP contribution in [0.1, 0.15) is 43.7 Å². The minimum absolute atomic E-state index is 0. The fourth-order valence-corrected chi connectivity index (χ4v) is 3.81. The van der Waals surface area contributed by atoms with Gasteiger partial charge in [-0.05, 0) is 24.5 Å². The maximum atomic E-state index is 5.70. The molecule has 1 aromatic carbocycles. The van der Waals surface area contributed by atoms with E-state index in [0.29, 0.717) is 5.92 Å². The van der Waals surface area contributed by atoms with Crippen LogP contribution >= 0.6 is 11.6 Å². The standard InChI is InChI=1S/C20H20.CH3Cl.Zr/c1-4-13-20(3,17-10-6-7-11-17)19-15(2)14-16-9-5-8-12-18(16)19;1-2;/h1,5-10,12,14,19H,11,13H2,2-3H3;1H3;. The van der Waals surface area contributed by atoms with Crippen molar-refractivity contribution in [3.8, 4) is 12.3 Å². The van der Waals surface area contributed by atoms with Gasteiger partial charge in [-0.1, -0.05) is 66.6 Å². The van der Waals surface area contributed by atoms with Crippen molar-refractivity contribution in [2.75, 3.05) is 6.38 Å². The summed E-state index contributed by atoms with van der Waals surface area (Å²) in [6.45, 7) is 4.57. The number of rotatable bonds is 3. The summed E-state index contributed by atoms with van der Waals surface area (Å²) in [7, 11) is 0. The maximum Gasteiger partial charge on any atom is 0.0187 e. The summed E-state index contributed by atoms with van der Waals surface area (Å²) in [6.07, 6.45) is 17.9. The van der Waals surface area contributed by atoms with E-state index in [4.69, 9.17) is 6.42 Å². The molecule has 2 atom stereocenters. The third-order valence-corrected chi connectivity index (χ3v) is 4.76. The van der Waals surface area contributed by atoms with Gasteiger partial charge in [-0.2, -0.15) is 0 Å². The monoisotopic (exact) mass is 400 g/mol. The van der Waals surface area contributed by atoms with Crippen LogP contribution in [0.5, 0.6) is 0 Å². The van der Waals surface area contributed by atoms with Gasteiger partial charge in [0.05, 0.1) is 0 Å². The van der Waals surface area contributed by atoms with Crippen LogP contribution in [0.3, 0.4) is 0 Å². The van der Waals surface area contributed by atoms with E-state index in [9.17, 15) is 0 Å². The van der Waals surface area contributed by atoms with Gasteiger partial charge in [-0.3, -0.25) is 0 Å². The summed E-state index contributed by atoms with van der Waals surface area (Å²) in [6, 6.07) is 8.71. The first-order valence-electron chi connectivity index (χ1n) is 7.61. The third kappa shape index (κ3) is 3.81. The summed E-state index contributed by atoms with van der Waals surface area (Å²) in [4.78, 5) is 0. The molecule has 0 spiro atoms. The van der Waals surface area contributed by atoms with Gasteiger partial charge in [0.1, 0.15) is 0 Å². The average Bonchev–Trinajstić information content (AvgIpc) is 3.16. The van der Waals surface area contributed by atoms with Gasteiger partial charge in [0.25, 0.3) is 0 Å². The molecule has 23 heavy (non-hydrogen) atoms. The van der Waals surface area contributed by atoms with Crippen molar-refractivity contribution < 1.29 is 26.2 Å². The smallest absolute Gasteiger partial charge is 0.0187 e. The molecule has 0 N–H and O–H groups in total. The van der Waals surface area contributed by atoms with Crippen molar-refractivity contribution in [1.29, 1.82) is 0 Å². The average molecular weight is 402 g/mol. The Balaban J connectivity index is 0.000000849. The van der Waals surface area contributed by atoms with Gasteiger partial charge >= 0.3 is 0 Å². The summed E-state index contributed by atoms with van der Waals surface area (Å²) >= 11 is 4.64. The van der Waals surface area contributed by atoms with Crippen molar-refractivity contribution in [2.45, 2.75) is 32.6 Å². The molecule has 0 fully saturated rings. The molecular formula is C21H23ClZr. The number of allylic oxidation sites excluding steroid dienone is 5. The van der Waals surface area contributed by atoms with Crippen LogP contribution in [0.25, 0.3) is 6.08 Å². The molecule has 2 heteroatoms. The number of alkyl halides is 1. The minimum atomic E-state index is 0. The molecule has 2 aliphatic carbocycles. The van der Waals surface area contributed by atoms with E-state index in [1.807, 2.05) is 0 Å². The van der Waals surface area contributed by atoms with Crippen LogP contribution in [0.15, 0.2) is 53.6 Å². The van der Waals surface area contributed by atoms with Gasteiger partial charge in [-0.15, -0.1) is 23.9 Å². The van der Waals surface area contributed by atoms with E-state index < -0.39 is 0 Å². The number of halogens is 1. The third-order valence-electron chi connectivity index (χ3n) is 4.76. The zero-order valence-corrected chi connectivity index (χ0v) is 17.3. The predicted octanol–water partition coefficient (Wildman–Crippen LogP) is 5.96. The van der Waals surface area contributed by atoms with Crippen LogP contribution in [0.4, 0.5) is 0 Å². The van der Waals surface area contributed by atoms with Gasteiger partial charge in [0.2, 0.25) is 0 Å². The number of terminal acetylenes is 1. The molecule has 0 bridgehead atoms. The van der Waals surface area contributed by atoms with Crippen molar-refractivity contribution in [3.05, 3.63) is 64.8 Å². The van der Waals surface area contributed by atoms with Crippen LogP contribution in [-0.4, -0.2) is 6.38 Å². The van der Waals surface area contributed by atoms with Gasteiger partial charge in [0.15, 0.2) is 0 Å². The zero-order chi connectivity index (χ0) is 16.2. The molecule has 0 aromatic heterocycles. The van der Waals surface area contributed by atoms with E-state index >= 15 is 0 Å². The second kappa shape index (κ2) is 8.87. The molecule has 0 saturated heterocycles. The quantitative estimate of drug-likeness (QED) is 0.433. The van der Waals surface area contributed by atoms with Crippen LogP contribution in [0.2, 0.25) is 0 Å². The summed E-state index contributed by atoms with van der Waals surface area (Å²) in [5.41, 5.74) is 5.69. The largest absolute Gasteiger partial charge is 0.130 e. The summed E-state index contributed by atoms with van der Waals surface area (Å²) < 4.78 is 0. The molecule has 0 saturated carbocycles. The van der Waals surface area contributed by atoms with Gasteiger partial charge < -0.3 is 0 Å². The van der Waals surface area contributed by atoms with Crippen LogP contribution in [0, 0.1) is 17.8 Å². The van der Waals surface area contributed by atoms with Crippen LogP contribution < -0.4 is 0 Å².